The first-order valence-corrected chi connectivity index (χ1v) is 7.06. The third-order valence-corrected chi connectivity index (χ3v) is 2.91. The van der Waals surface area contributed by atoms with E-state index in [0.29, 0.717) is 0 Å². The zero-order chi connectivity index (χ0) is 25.1. The number of nitrogens with zero attached hydrogens (tertiary/aromatic N) is 2. The fourth-order valence-electron chi connectivity index (χ4n) is 1.91. The predicted octanol–water partition coefficient (Wildman–Crippen LogP) is 1.17. The largest absolute Gasteiger partial charge is 0.393 e. The normalized spacial score (nSPS) is 40.0. The Morgan fingerprint density at radius 3 is 3.04 bits per heavy atom. The summed E-state index contributed by atoms with van der Waals surface area (Å²) in [5, 5.41) is 13.4. The minimum absolute atomic E-state index is 0.00728. The van der Waals surface area contributed by atoms with Crippen LogP contribution in [0.3, 0.4) is 0 Å². The summed E-state index contributed by atoms with van der Waals surface area (Å²) in [6, 6.07) is -1.79. The van der Waals surface area contributed by atoms with Crippen molar-refractivity contribution >= 4 is 11.9 Å². The maximum Gasteiger partial charge on any atom is 0.254 e. The first-order valence-electron chi connectivity index (χ1n) is 11.6. The number of aromatic amines is 1. The van der Waals surface area contributed by atoms with E-state index in [2.05, 4.69) is 20.3 Å². The molecular weight excluding hydrogens is 294 g/mol. The third-order valence-electron chi connectivity index (χ3n) is 2.91. The van der Waals surface area contributed by atoms with Crippen LogP contribution in [0.1, 0.15) is 69.5 Å². The maximum absolute atomic E-state index is 11.9. The van der Waals surface area contributed by atoms with Gasteiger partial charge in [-0.05, 0) is 45.9 Å². The zero-order valence-electron chi connectivity index (χ0n) is 22.2. The highest BCUT2D eigenvalue weighted by atomic mass is 16.3. The molecule has 1 aromatic heterocycles. The number of hydrogen-bond donors (Lipinski definition) is 4. The van der Waals surface area contributed by atoms with Gasteiger partial charge in [-0.15, -0.1) is 0 Å². The van der Waals surface area contributed by atoms with Crippen LogP contribution in [0.15, 0.2) is 11.2 Å². The summed E-state index contributed by atoms with van der Waals surface area (Å²) in [7, 11) is 0. The molecule has 0 aromatic carbocycles. The number of aliphatic hydroxyl groups is 1. The summed E-state index contributed by atoms with van der Waals surface area (Å²) in [5.41, 5.74) is 3.88. The van der Waals surface area contributed by atoms with Crippen LogP contribution in [-0.2, 0) is 0 Å². The molecule has 0 spiro atoms. The number of hydrogen-bond acceptors (Lipinski definition) is 5. The van der Waals surface area contributed by atoms with Crippen LogP contribution >= 0.6 is 0 Å². The number of carbonyl (C=O) groups excluding carboxylic acids is 1. The third kappa shape index (κ3) is 4.79. The molecule has 3 atom stereocenters. The number of rotatable bonds is 3. The number of amides is 1. The molecule has 1 aliphatic rings. The number of nitrogens with one attached hydrogen (secondary N) is 2. The van der Waals surface area contributed by atoms with Crippen molar-refractivity contribution in [3.8, 4) is 0 Å². The van der Waals surface area contributed by atoms with E-state index < -0.39 is 72.7 Å². The minimum Gasteiger partial charge on any atom is -0.393 e. The van der Waals surface area contributed by atoms with E-state index >= 15 is 0 Å². The highest BCUT2D eigenvalue weighted by Crippen LogP contribution is 2.25. The number of anilines is 1. The highest BCUT2D eigenvalue weighted by molar-refractivity contribution is 5.92. The second-order valence-corrected chi connectivity index (χ2v) is 6.22. The van der Waals surface area contributed by atoms with Crippen LogP contribution in [-0.4, -0.2) is 38.6 Å². The summed E-state index contributed by atoms with van der Waals surface area (Å²) >= 11 is 0. The Morgan fingerprint density at radius 2 is 2.43 bits per heavy atom. The molecule has 7 nitrogen and oxygen atoms in total. The van der Waals surface area contributed by atoms with Crippen molar-refractivity contribution in [1.29, 1.82) is 0 Å². The molecule has 0 saturated heterocycles. The molecule has 1 saturated carbocycles. The van der Waals surface area contributed by atoms with Gasteiger partial charge in [0.15, 0.2) is 0 Å². The van der Waals surface area contributed by atoms with Crippen molar-refractivity contribution in [2.75, 3.05) is 5.32 Å². The maximum atomic E-state index is 11.9. The number of primary amides is 1. The summed E-state index contributed by atoms with van der Waals surface area (Å²) in [5.74, 6) is -3.47. The molecule has 2 rings (SSSR count). The second-order valence-electron chi connectivity index (χ2n) is 6.22. The van der Waals surface area contributed by atoms with Crippen molar-refractivity contribution in [3.05, 3.63) is 17.2 Å². The lowest BCUT2D eigenvalue weighted by atomic mass is 9.85. The summed E-state index contributed by atoms with van der Waals surface area (Å²) in [6.45, 7) is 2.19. The molecule has 0 bridgehead atoms. The summed E-state index contributed by atoms with van der Waals surface area (Å²) in [6.07, 6.45) is -10.5. The Hall–Kier alpha value is -1.89. The topological polar surface area (TPSA) is 116 Å². The van der Waals surface area contributed by atoms with E-state index in [1.807, 2.05) is 0 Å². The van der Waals surface area contributed by atoms with Gasteiger partial charge in [-0.25, -0.2) is 4.98 Å². The standard InChI is InChI=1S/C16H27N5O2/c1-9-5-6-10(7-12(9)22)19-14-11(13(17)23)8-18-15(20-14)21-16(2,3)4/h8-10,12,22H,5-7H2,1-4H3,(H2,17,23)(H2,18,19,20,21)/i1D3,5D2,6D2,8D,12D. The van der Waals surface area contributed by atoms with Crippen molar-refractivity contribution in [3.63, 3.8) is 0 Å². The van der Waals surface area contributed by atoms with E-state index in [1.165, 1.54) is 0 Å². The fraction of sp³-hybridized carbons (Fsp3) is 0.688. The summed E-state index contributed by atoms with van der Waals surface area (Å²) < 4.78 is 71.6. The lowest BCUT2D eigenvalue weighted by Gasteiger charge is -2.28. The van der Waals surface area contributed by atoms with Crippen molar-refractivity contribution in [2.24, 2.45) is 16.6 Å². The number of carbonyl (C=O) groups is 1. The summed E-state index contributed by atoms with van der Waals surface area (Å²) in [4.78, 5) is 22.4. The number of H-pyrrole nitrogens is 1. The van der Waals surface area contributed by atoms with E-state index in [4.69, 9.17) is 18.1 Å². The Balaban J connectivity index is 2.75. The van der Waals surface area contributed by atoms with Gasteiger partial charge in [-0.3, -0.25) is 9.79 Å². The Labute approximate surface area is 149 Å². The molecule has 1 heterocycles. The van der Waals surface area contributed by atoms with E-state index in [0.717, 1.165) is 0 Å². The molecule has 1 aliphatic carbocycles. The van der Waals surface area contributed by atoms with Gasteiger partial charge in [0.1, 0.15) is 5.49 Å². The van der Waals surface area contributed by atoms with Crippen molar-refractivity contribution in [2.45, 2.75) is 64.5 Å². The first-order chi connectivity index (χ1) is 14.1. The van der Waals surface area contributed by atoms with E-state index in [1.54, 1.807) is 20.8 Å². The molecule has 0 radical (unpaired) electrons. The molecular formula is C16H27N5O2. The first kappa shape index (κ1) is 8.82. The minimum atomic E-state index is -3.20. The molecule has 7 heteroatoms. The monoisotopic (exact) mass is 330 g/mol. The SMILES string of the molecule is [2H]c1nc(NC(C)(C)C)[nH]c(=NC2CC([2H])(O)C(C([2H])([2H])[2H])C([2H])([2H])C2([2H])[2H])c1C(N)=O. The average molecular weight is 330 g/mol. The highest BCUT2D eigenvalue weighted by Gasteiger charge is 2.26. The lowest BCUT2D eigenvalue weighted by Crippen LogP contribution is -2.34. The molecule has 0 aliphatic heterocycles. The smallest absolute Gasteiger partial charge is 0.254 e. The second kappa shape index (κ2) is 6.70. The Bertz CT molecular complexity index is 966. The number of aromatic nitrogens is 2. The van der Waals surface area contributed by atoms with Gasteiger partial charge in [0, 0.05) is 21.3 Å². The van der Waals surface area contributed by atoms with Crippen molar-refractivity contribution in [1.82, 2.24) is 9.97 Å². The number of nitrogens with two attached hydrogens (primary N) is 1. The Morgan fingerprint density at radius 1 is 1.70 bits per heavy atom. The molecule has 3 unspecified atom stereocenters. The van der Waals surface area contributed by atoms with Gasteiger partial charge in [0.05, 0.1) is 20.4 Å². The van der Waals surface area contributed by atoms with Gasteiger partial charge in [-0.1, -0.05) is 6.85 Å². The lowest BCUT2D eigenvalue weighted by molar-refractivity contribution is 0.0704. The molecule has 128 valence electrons. The molecule has 1 amide bonds. The predicted molar refractivity (Wildman–Crippen MR) is 88.9 cm³/mol. The molecule has 5 N–H and O–H groups in total. The zero-order valence-corrected chi connectivity index (χ0v) is 13.2. The van der Waals surface area contributed by atoms with Crippen molar-refractivity contribution < 1.29 is 22.2 Å². The quantitative estimate of drug-likeness (QED) is 0.665. The van der Waals surface area contributed by atoms with E-state index in [-0.39, 0.29) is 5.95 Å². The van der Waals surface area contributed by atoms with Gasteiger partial charge in [0.2, 0.25) is 5.95 Å². The van der Waals surface area contributed by atoms with Gasteiger partial charge in [0.25, 0.3) is 5.91 Å². The van der Waals surface area contributed by atoms with Gasteiger partial charge < -0.3 is 21.1 Å². The van der Waals surface area contributed by atoms with Crippen LogP contribution in [0.4, 0.5) is 5.95 Å². The van der Waals surface area contributed by atoms with Crippen LogP contribution in [0.25, 0.3) is 0 Å². The van der Waals surface area contributed by atoms with Crippen LogP contribution in [0, 0.1) is 5.92 Å². The van der Waals surface area contributed by atoms with Crippen LogP contribution < -0.4 is 16.5 Å². The van der Waals surface area contributed by atoms with E-state index in [9.17, 15) is 9.90 Å². The molecule has 1 aromatic rings. The van der Waals surface area contributed by atoms with Gasteiger partial charge in [-0.2, -0.15) is 0 Å². The Kier molecular flexibility index (Phi) is 2.57. The molecule has 1 fully saturated rings. The fourth-order valence-corrected chi connectivity index (χ4v) is 1.91. The van der Waals surface area contributed by atoms with Crippen LogP contribution in [0.5, 0.6) is 0 Å². The van der Waals surface area contributed by atoms with Gasteiger partial charge >= 0.3 is 0 Å². The molecule has 23 heavy (non-hydrogen) atoms. The average Bonchev–Trinajstić information content (AvgIpc) is 2.47. The van der Waals surface area contributed by atoms with Crippen LogP contribution in [0.2, 0.25) is 0 Å².